The molecule has 1 aliphatic heterocycles. The van der Waals surface area contributed by atoms with Crippen molar-refractivity contribution >= 4 is 11.8 Å². The minimum absolute atomic E-state index is 0.0550. The van der Waals surface area contributed by atoms with Crippen molar-refractivity contribution in [1.82, 2.24) is 0 Å². The number of rotatable bonds is 8. The van der Waals surface area contributed by atoms with Crippen LogP contribution in [0.5, 0.6) is 11.5 Å². The number of esters is 1. The van der Waals surface area contributed by atoms with Gasteiger partial charge in [-0.2, -0.15) is 0 Å². The van der Waals surface area contributed by atoms with Crippen molar-refractivity contribution in [2.24, 2.45) is 5.92 Å². The van der Waals surface area contributed by atoms with Gasteiger partial charge >= 0.3 is 5.97 Å². The third-order valence-electron chi connectivity index (χ3n) is 5.04. The van der Waals surface area contributed by atoms with Gasteiger partial charge in [-0.25, -0.2) is 0 Å². The molecule has 1 aliphatic carbocycles. The lowest BCUT2D eigenvalue weighted by molar-refractivity contribution is -0.153. The summed E-state index contributed by atoms with van der Waals surface area (Å²) in [5.41, 5.74) is 0.198. The first-order valence-electron chi connectivity index (χ1n) is 9.04. The van der Waals surface area contributed by atoms with Crippen LogP contribution in [0.25, 0.3) is 0 Å². The largest absolute Gasteiger partial charge is 0.493 e. The number of methoxy groups -OCH3 is 2. The average Bonchev–Trinajstić information content (AvgIpc) is 3.12. The monoisotopic (exact) mass is 388 g/mol. The van der Waals surface area contributed by atoms with Gasteiger partial charge in [0.05, 0.1) is 14.2 Å². The standard InChI is InChI=1S/C21H24O7/c1-4-9-26-20(23)15-12-21(19(11-16(15)22)27-13-28-21)8-7-14-5-6-17(24-2)18(10-14)25-3/h4-6,10-11,15H,1,7-9,12-13H2,2-3H3/t15-,21+/m1/s1. The first-order valence-corrected chi connectivity index (χ1v) is 9.04. The maximum Gasteiger partial charge on any atom is 0.317 e. The maximum atomic E-state index is 12.3. The number of hydrogen-bond donors (Lipinski definition) is 0. The van der Waals surface area contributed by atoms with Gasteiger partial charge in [-0.3, -0.25) is 9.59 Å². The van der Waals surface area contributed by atoms with Gasteiger partial charge in [0.2, 0.25) is 0 Å². The number of carbonyl (C=O) groups is 2. The summed E-state index contributed by atoms with van der Waals surface area (Å²) >= 11 is 0. The van der Waals surface area contributed by atoms with Crippen molar-refractivity contribution in [1.29, 1.82) is 0 Å². The number of hydrogen-bond acceptors (Lipinski definition) is 7. The van der Waals surface area contributed by atoms with Gasteiger partial charge in [-0.1, -0.05) is 18.7 Å². The summed E-state index contributed by atoms with van der Waals surface area (Å²) in [5.74, 6) is -0.0284. The van der Waals surface area contributed by atoms with Crippen LogP contribution in [0.2, 0.25) is 0 Å². The highest BCUT2D eigenvalue weighted by atomic mass is 16.7. The summed E-state index contributed by atoms with van der Waals surface area (Å²) in [7, 11) is 3.17. The summed E-state index contributed by atoms with van der Waals surface area (Å²) < 4.78 is 27.1. The van der Waals surface area contributed by atoms with Crippen molar-refractivity contribution in [3.05, 3.63) is 48.3 Å². The predicted molar refractivity (Wildman–Crippen MR) is 100.0 cm³/mol. The number of ketones is 1. The van der Waals surface area contributed by atoms with Crippen molar-refractivity contribution in [2.45, 2.75) is 24.9 Å². The molecule has 28 heavy (non-hydrogen) atoms. The zero-order chi connectivity index (χ0) is 20.1. The zero-order valence-electron chi connectivity index (χ0n) is 16.1. The predicted octanol–water partition coefficient (Wildman–Crippen LogP) is 2.58. The first-order chi connectivity index (χ1) is 13.5. The fraction of sp³-hybridized carbons (Fsp3) is 0.429. The second-order valence-corrected chi connectivity index (χ2v) is 6.68. The smallest absolute Gasteiger partial charge is 0.317 e. The highest BCUT2D eigenvalue weighted by molar-refractivity contribution is 6.06. The molecule has 0 bridgehead atoms. The van der Waals surface area contributed by atoms with Gasteiger partial charge < -0.3 is 23.7 Å². The zero-order valence-corrected chi connectivity index (χ0v) is 16.1. The number of allylic oxidation sites excluding steroid dienone is 1. The Morgan fingerprint density at radius 3 is 2.82 bits per heavy atom. The van der Waals surface area contributed by atoms with E-state index >= 15 is 0 Å². The number of fused-ring (bicyclic) bond motifs is 1. The van der Waals surface area contributed by atoms with Crippen molar-refractivity contribution in [3.63, 3.8) is 0 Å². The molecule has 1 fully saturated rings. The van der Waals surface area contributed by atoms with Crippen LogP contribution in [-0.2, 0) is 30.2 Å². The minimum Gasteiger partial charge on any atom is -0.493 e. The Kier molecular flexibility index (Phi) is 6.04. The van der Waals surface area contributed by atoms with E-state index < -0.39 is 17.5 Å². The molecule has 0 amide bonds. The van der Waals surface area contributed by atoms with Gasteiger partial charge in [-0.05, 0) is 30.5 Å². The van der Waals surface area contributed by atoms with Crippen LogP contribution in [0, 0.1) is 5.92 Å². The van der Waals surface area contributed by atoms with E-state index in [9.17, 15) is 9.59 Å². The van der Waals surface area contributed by atoms with Gasteiger partial charge in [0.1, 0.15) is 23.9 Å². The van der Waals surface area contributed by atoms with Crippen molar-refractivity contribution in [2.75, 3.05) is 27.6 Å². The van der Waals surface area contributed by atoms with Crippen LogP contribution in [0.3, 0.4) is 0 Å². The molecule has 7 heteroatoms. The van der Waals surface area contributed by atoms with E-state index in [1.54, 1.807) is 14.2 Å². The van der Waals surface area contributed by atoms with Crippen LogP contribution >= 0.6 is 0 Å². The molecule has 0 aromatic heterocycles. The van der Waals surface area contributed by atoms with E-state index in [0.717, 1.165) is 5.56 Å². The SMILES string of the molecule is C=CCOC(=O)[C@@H]1C[C@]2(CCc3ccc(OC)c(OC)c3)OCOC2=CC1=O. The van der Waals surface area contributed by atoms with Gasteiger partial charge in [0.25, 0.3) is 0 Å². The molecule has 2 atom stereocenters. The molecule has 0 radical (unpaired) electrons. The fourth-order valence-corrected chi connectivity index (χ4v) is 3.52. The van der Waals surface area contributed by atoms with Crippen molar-refractivity contribution < 1.29 is 33.3 Å². The second-order valence-electron chi connectivity index (χ2n) is 6.68. The van der Waals surface area contributed by atoms with Crippen LogP contribution in [-0.4, -0.2) is 45.0 Å². The Morgan fingerprint density at radius 2 is 2.11 bits per heavy atom. The number of ether oxygens (including phenoxy) is 5. The topological polar surface area (TPSA) is 80.3 Å². The molecule has 1 heterocycles. The quantitative estimate of drug-likeness (QED) is 0.385. The third kappa shape index (κ3) is 3.89. The third-order valence-corrected chi connectivity index (χ3v) is 5.04. The molecule has 150 valence electrons. The molecular weight excluding hydrogens is 364 g/mol. The second kappa shape index (κ2) is 8.48. The van der Waals surface area contributed by atoms with Crippen LogP contribution < -0.4 is 9.47 Å². The molecule has 7 nitrogen and oxygen atoms in total. The number of aryl methyl sites for hydroxylation is 1. The Bertz CT molecular complexity index is 798. The molecule has 0 unspecified atom stereocenters. The van der Waals surface area contributed by atoms with Gasteiger partial charge in [-0.15, -0.1) is 0 Å². The Hall–Kier alpha value is -2.80. The molecule has 1 saturated heterocycles. The first kappa shape index (κ1) is 19.9. The molecular formula is C21H24O7. The normalized spacial score (nSPS) is 23.3. The van der Waals surface area contributed by atoms with Crippen LogP contribution in [0.15, 0.2) is 42.7 Å². The summed E-state index contributed by atoms with van der Waals surface area (Å²) in [6, 6.07) is 5.69. The summed E-state index contributed by atoms with van der Waals surface area (Å²) in [5, 5.41) is 0. The van der Waals surface area contributed by atoms with E-state index in [4.69, 9.17) is 23.7 Å². The summed E-state index contributed by atoms with van der Waals surface area (Å²) in [6.45, 7) is 3.63. The summed E-state index contributed by atoms with van der Waals surface area (Å²) in [4.78, 5) is 24.6. The Balaban J connectivity index is 1.77. The molecule has 1 aromatic carbocycles. The Morgan fingerprint density at radius 1 is 1.32 bits per heavy atom. The van der Waals surface area contributed by atoms with Gasteiger partial charge in [0.15, 0.2) is 24.1 Å². The molecule has 2 aliphatic rings. The highest BCUT2D eigenvalue weighted by Crippen LogP contribution is 2.43. The van der Waals surface area contributed by atoms with E-state index in [1.165, 1.54) is 12.2 Å². The summed E-state index contributed by atoms with van der Waals surface area (Å²) in [6.07, 6.45) is 4.22. The van der Waals surface area contributed by atoms with Crippen LogP contribution in [0.1, 0.15) is 18.4 Å². The number of benzene rings is 1. The van der Waals surface area contributed by atoms with E-state index in [1.807, 2.05) is 18.2 Å². The molecule has 3 rings (SSSR count). The molecule has 0 spiro atoms. The molecule has 0 saturated carbocycles. The van der Waals surface area contributed by atoms with Crippen LogP contribution in [0.4, 0.5) is 0 Å². The minimum atomic E-state index is -0.907. The highest BCUT2D eigenvalue weighted by Gasteiger charge is 2.50. The fourth-order valence-electron chi connectivity index (χ4n) is 3.52. The van der Waals surface area contributed by atoms with E-state index in [0.29, 0.717) is 30.1 Å². The Labute approximate surface area is 163 Å². The maximum absolute atomic E-state index is 12.3. The number of carbonyl (C=O) groups excluding carboxylic acids is 2. The molecule has 0 N–H and O–H groups in total. The lowest BCUT2D eigenvalue weighted by Gasteiger charge is -2.33. The van der Waals surface area contributed by atoms with Crippen molar-refractivity contribution in [3.8, 4) is 11.5 Å². The molecule has 1 aromatic rings. The average molecular weight is 388 g/mol. The van der Waals surface area contributed by atoms with Gasteiger partial charge in [0, 0.05) is 12.5 Å². The van der Waals surface area contributed by atoms with E-state index in [2.05, 4.69) is 6.58 Å². The van der Waals surface area contributed by atoms with E-state index in [-0.39, 0.29) is 25.6 Å². The lowest BCUT2D eigenvalue weighted by Crippen LogP contribution is -2.42. The lowest BCUT2D eigenvalue weighted by atomic mass is 9.78.